The van der Waals surface area contributed by atoms with E-state index in [0.717, 1.165) is 19.3 Å². The van der Waals surface area contributed by atoms with E-state index in [9.17, 15) is 14.0 Å². The van der Waals surface area contributed by atoms with Crippen molar-refractivity contribution in [3.05, 3.63) is 77.6 Å². The maximum Gasteiger partial charge on any atom is 0.316 e. The number of rotatable bonds is 4. The van der Waals surface area contributed by atoms with Gasteiger partial charge in [0.2, 0.25) is 6.17 Å². The second-order valence-corrected chi connectivity index (χ2v) is 7.78. The Kier molecular flexibility index (Phi) is 6.11. The zero-order valence-electron chi connectivity index (χ0n) is 17.3. The second-order valence-electron chi connectivity index (χ2n) is 7.78. The molecule has 0 saturated heterocycles. The number of benzene rings is 2. The van der Waals surface area contributed by atoms with E-state index in [1.54, 1.807) is 43.4 Å². The van der Waals surface area contributed by atoms with Crippen LogP contribution in [0, 0.1) is 11.7 Å². The number of urea groups is 1. The molecule has 0 saturated carbocycles. The fourth-order valence-electron chi connectivity index (χ4n) is 3.94. The van der Waals surface area contributed by atoms with Crippen LogP contribution in [0.1, 0.15) is 30.4 Å². The summed E-state index contributed by atoms with van der Waals surface area (Å²) < 4.78 is 14.6. The minimum atomic E-state index is -1.17. The van der Waals surface area contributed by atoms with Crippen LogP contribution >= 0.6 is 0 Å². The van der Waals surface area contributed by atoms with E-state index in [1.807, 2.05) is 6.07 Å². The monoisotopic (exact) mass is 420 g/mol. The molecule has 0 spiro atoms. The van der Waals surface area contributed by atoms with Crippen molar-refractivity contribution in [2.75, 3.05) is 18.5 Å². The van der Waals surface area contributed by atoms with Crippen LogP contribution < -0.4 is 15.5 Å². The van der Waals surface area contributed by atoms with E-state index < -0.39 is 23.9 Å². The number of anilines is 1. The first kappa shape index (κ1) is 20.8. The Bertz CT molecular complexity index is 1050. The van der Waals surface area contributed by atoms with Crippen LogP contribution in [-0.2, 0) is 4.79 Å². The molecule has 2 N–H and O–H groups in total. The van der Waals surface area contributed by atoms with Crippen molar-refractivity contribution in [3.63, 3.8) is 0 Å². The van der Waals surface area contributed by atoms with Gasteiger partial charge in [0, 0.05) is 24.7 Å². The van der Waals surface area contributed by atoms with Gasteiger partial charge in [-0.1, -0.05) is 42.5 Å². The third kappa shape index (κ3) is 4.50. The highest BCUT2D eigenvalue weighted by atomic mass is 19.1. The fourth-order valence-corrected chi connectivity index (χ4v) is 3.94. The Balaban J connectivity index is 1.62. The molecule has 2 aromatic carbocycles. The number of nitrogens with zero attached hydrogens (tertiary/aromatic N) is 2. The first-order chi connectivity index (χ1) is 15.0. The highest BCUT2D eigenvalue weighted by Gasteiger charge is 2.31. The van der Waals surface area contributed by atoms with Crippen molar-refractivity contribution >= 4 is 23.3 Å². The van der Waals surface area contributed by atoms with E-state index in [2.05, 4.69) is 27.8 Å². The number of amides is 3. The summed E-state index contributed by atoms with van der Waals surface area (Å²) in [5.74, 6) is -0.457. The zero-order valence-corrected chi connectivity index (χ0v) is 17.3. The Morgan fingerprint density at radius 3 is 2.61 bits per heavy atom. The molecule has 1 heterocycles. The fraction of sp³-hybridized carbons (Fsp3) is 0.292. The number of halogens is 1. The number of benzodiazepines with no additional fused rings is 1. The molecule has 2 aromatic rings. The standard InChI is InChI=1S/C24H25FN4O2/c1-29-20-14-8-6-12-18(20)21(17-11-5-7-13-19(17)25)27-22(23(29)30)28-24(31)26-15-16-9-3-2-4-10-16/h2-3,5-8,11-14,16,22H,4,9-10,15H2,1H3,(H2,26,28,31). The van der Waals surface area contributed by atoms with Gasteiger partial charge in [-0.05, 0) is 43.4 Å². The number of likely N-dealkylation sites (N-methyl/N-ethyl adjacent to an activating group) is 1. The van der Waals surface area contributed by atoms with Crippen LogP contribution in [0.4, 0.5) is 14.9 Å². The van der Waals surface area contributed by atoms with Crippen LogP contribution in [0.3, 0.4) is 0 Å². The van der Waals surface area contributed by atoms with E-state index in [-0.39, 0.29) is 5.56 Å². The van der Waals surface area contributed by atoms with Gasteiger partial charge in [-0.3, -0.25) is 4.79 Å². The molecule has 4 rings (SSSR count). The average Bonchev–Trinajstić information content (AvgIpc) is 2.90. The first-order valence-corrected chi connectivity index (χ1v) is 10.4. The third-order valence-corrected chi connectivity index (χ3v) is 5.67. The molecule has 31 heavy (non-hydrogen) atoms. The Morgan fingerprint density at radius 1 is 1.13 bits per heavy atom. The molecule has 2 aliphatic rings. The summed E-state index contributed by atoms with van der Waals surface area (Å²) in [5.41, 5.74) is 1.84. The number of carbonyl (C=O) groups is 2. The maximum atomic E-state index is 14.6. The van der Waals surface area contributed by atoms with Crippen LogP contribution in [0.2, 0.25) is 0 Å². The Hall–Kier alpha value is -3.48. The molecule has 1 aliphatic carbocycles. The largest absolute Gasteiger partial charge is 0.338 e. The summed E-state index contributed by atoms with van der Waals surface area (Å²) in [6.45, 7) is 0.525. The number of aliphatic imine (C=N–C) groups is 1. The molecule has 2 atom stereocenters. The summed E-state index contributed by atoms with van der Waals surface area (Å²) in [4.78, 5) is 31.6. The van der Waals surface area contributed by atoms with Crippen molar-refractivity contribution in [1.29, 1.82) is 0 Å². The van der Waals surface area contributed by atoms with Gasteiger partial charge in [0.25, 0.3) is 5.91 Å². The maximum absolute atomic E-state index is 14.6. The van der Waals surface area contributed by atoms with Gasteiger partial charge < -0.3 is 15.5 Å². The number of para-hydroxylation sites is 1. The lowest BCUT2D eigenvalue weighted by atomic mass is 9.94. The molecule has 6 nitrogen and oxygen atoms in total. The van der Waals surface area contributed by atoms with Gasteiger partial charge in [0.15, 0.2) is 0 Å². The van der Waals surface area contributed by atoms with Gasteiger partial charge >= 0.3 is 6.03 Å². The molecular weight excluding hydrogens is 395 g/mol. The van der Waals surface area contributed by atoms with Gasteiger partial charge in [-0.15, -0.1) is 0 Å². The molecule has 0 radical (unpaired) electrons. The molecule has 0 fully saturated rings. The van der Waals surface area contributed by atoms with E-state index in [0.29, 0.717) is 29.4 Å². The van der Waals surface area contributed by atoms with Crippen molar-refractivity contribution < 1.29 is 14.0 Å². The molecule has 1 aliphatic heterocycles. The number of allylic oxidation sites excluding steroid dienone is 2. The summed E-state index contributed by atoms with van der Waals surface area (Å²) in [5, 5.41) is 5.51. The van der Waals surface area contributed by atoms with Crippen molar-refractivity contribution in [2.45, 2.75) is 25.4 Å². The summed E-state index contributed by atoms with van der Waals surface area (Å²) in [6.07, 6.45) is 6.06. The van der Waals surface area contributed by atoms with Crippen LogP contribution in [0.25, 0.3) is 0 Å². The molecule has 0 bridgehead atoms. The number of nitrogens with one attached hydrogen (secondary N) is 2. The minimum Gasteiger partial charge on any atom is -0.338 e. The summed E-state index contributed by atoms with van der Waals surface area (Å²) in [6, 6.07) is 13.0. The molecule has 7 heteroatoms. The van der Waals surface area contributed by atoms with Crippen LogP contribution in [0.5, 0.6) is 0 Å². The molecule has 2 unspecified atom stereocenters. The van der Waals surface area contributed by atoms with E-state index in [1.165, 1.54) is 11.0 Å². The topological polar surface area (TPSA) is 73.8 Å². The summed E-state index contributed by atoms with van der Waals surface area (Å²) >= 11 is 0. The normalized spacial score (nSPS) is 20.5. The average molecular weight is 420 g/mol. The predicted octanol–water partition coefficient (Wildman–Crippen LogP) is 3.62. The number of hydrogen-bond acceptors (Lipinski definition) is 3. The molecule has 0 aromatic heterocycles. The molecule has 3 amide bonds. The lowest BCUT2D eigenvalue weighted by Crippen LogP contribution is -2.50. The predicted molar refractivity (Wildman–Crippen MR) is 119 cm³/mol. The van der Waals surface area contributed by atoms with Crippen molar-refractivity contribution in [3.8, 4) is 0 Å². The molecular formula is C24H25FN4O2. The Labute approximate surface area is 180 Å². The van der Waals surface area contributed by atoms with Gasteiger partial charge in [0.05, 0.1) is 11.4 Å². The smallest absolute Gasteiger partial charge is 0.316 e. The lowest BCUT2D eigenvalue weighted by Gasteiger charge is -2.22. The van der Waals surface area contributed by atoms with Gasteiger partial charge in [-0.25, -0.2) is 14.2 Å². The quantitative estimate of drug-likeness (QED) is 0.742. The first-order valence-electron chi connectivity index (χ1n) is 10.4. The highest BCUT2D eigenvalue weighted by Crippen LogP contribution is 2.28. The third-order valence-electron chi connectivity index (χ3n) is 5.67. The zero-order chi connectivity index (χ0) is 21.8. The highest BCUT2D eigenvalue weighted by molar-refractivity contribution is 6.20. The second kappa shape index (κ2) is 9.12. The minimum absolute atomic E-state index is 0.277. The molecule has 160 valence electrons. The van der Waals surface area contributed by atoms with E-state index >= 15 is 0 Å². The van der Waals surface area contributed by atoms with Crippen molar-refractivity contribution in [2.24, 2.45) is 10.9 Å². The van der Waals surface area contributed by atoms with E-state index in [4.69, 9.17) is 0 Å². The van der Waals surface area contributed by atoms with Crippen molar-refractivity contribution in [1.82, 2.24) is 10.6 Å². The number of carbonyl (C=O) groups excluding carboxylic acids is 2. The SMILES string of the molecule is CN1C(=O)C(NC(=O)NCC2CC=CCC2)N=C(c2ccccc2F)c2ccccc21. The van der Waals surface area contributed by atoms with Crippen LogP contribution in [-0.4, -0.2) is 37.4 Å². The van der Waals surface area contributed by atoms with Gasteiger partial charge in [-0.2, -0.15) is 0 Å². The van der Waals surface area contributed by atoms with Gasteiger partial charge in [0.1, 0.15) is 5.82 Å². The lowest BCUT2D eigenvalue weighted by molar-refractivity contribution is -0.119. The summed E-state index contributed by atoms with van der Waals surface area (Å²) in [7, 11) is 1.63. The Morgan fingerprint density at radius 2 is 1.87 bits per heavy atom. The van der Waals surface area contributed by atoms with Crippen LogP contribution in [0.15, 0.2) is 65.7 Å². The number of hydrogen-bond donors (Lipinski definition) is 2. The number of fused-ring (bicyclic) bond motifs is 1.